The van der Waals surface area contributed by atoms with Gasteiger partial charge in [-0.2, -0.15) is 0 Å². The molecule has 0 amide bonds. The summed E-state index contributed by atoms with van der Waals surface area (Å²) in [6.07, 6.45) is 9.55. The number of rotatable bonds is 1. The van der Waals surface area contributed by atoms with Crippen LogP contribution >= 0.6 is 22.6 Å². The molecular formula is C27H25I. The topological polar surface area (TPSA) is 0 Å². The summed E-state index contributed by atoms with van der Waals surface area (Å²) in [5, 5.41) is 2.69. The van der Waals surface area contributed by atoms with Crippen molar-refractivity contribution in [3.8, 4) is 11.1 Å². The number of hydrogen-bond acceptors (Lipinski definition) is 0. The van der Waals surface area contributed by atoms with Crippen molar-refractivity contribution in [3.05, 3.63) is 105 Å². The standard InChI is InChI=1S/C27H25I/c1-18-9-8-12-23-22(15-16-25(28)26(18)23)21-14-13-20-11-7-5-6-10-19(2)27(3,4)24(20)17-21/h5-10,12-17H,2,11H2,1,3-4H3/b7-5-,10-6-. The molecule has 0 bridgehead atoms. The Morgan fingerprint density at radius 1 is 1.00 bits per heavy atom. The molecule has 0 spiro atoms. The van der Waals surface area contributed by atoms with E-state index in [0.29, 0.717) is 0 Å². The molecule has 28 heavy (non-hydrogen) atoms. The molecule has 0 aliphatic heterocycles. The molecule has 0 unspecified atom stereocenters. The van der Waals surface area contributed by atoms with E-state index in [9.17, 15) is 0 Å². The lowest BCUT2D eigenvalue weighted by molar-refractivity contribution is 0.635. The van der Waals surface area contributed by atoms with Crippen molar-refractivity contribution in [2.45, 2.75) is 32.6 Å². The molecule has 0 nitrogen and oxygen atoms in total. The van der Waals surface area contributed by atoms with Crippen LogP contribution in [0.15, 0.2) is 85.0 Å². The zero-order valence-electron chi connectivity index (χ0n) is 16.7. The number of fused-ring (bicyclic) bond motifs is 2. The van der Waals surface area contributed by atoms with Crippen LogP contribution in [-0.4, -0.2) is 0 Å². The minimum absolute atomic E-state index is 0.108. The summed E-state index contributed by atoms with van der Waals surface area (Å²) in [5.41, 5.74) is 7.68. The van der Waals surface area contributed by atoms with Gasteiger partial charge in [0.2, 0.25) is 0 Å². The van der Waals surface area contributed by atoms with Gasteiger partial charge in [-0.05, 0) is 92.2 Å². The van der Waals surface area contributed by atoms with Gasteiger partial charge >= 0.3 is 0 Å². The largest absolute Gasteiger partial charge is 0.0949 e. The Kier molecular flexibility index (Phi) is 5.05. The second-order valence-electron chi connectivity index (χ2n) is 8.11. The van der Waals surface area contributed by atoms with Crippen molar-refractivity contribution >= 4 is 33.4 Å². The quantitative estimate of drug-likeness (QED) is 0.313. The lowest BCUT2D eigenvalue weighted by atomic mass is 9.75. The monoisotopic (exact) mass is 476 g/mol. The lowest BCUT2D eigenvalue weighted by Crippen LogP contribution is -2.20. The molecule has 1 heteroatoms. The summed E-state index contributed by atoms with van der Waals surface area (Å²) < 4.78 is 1.31. The summed E-state index contributed by atoms with van der Waals surface area (Å²) in [5.74, 6) is 0. The lowest BCUT2D eigenvalue weighted by Gasteiger charge is -2.29. The summed E-state index contributed by atoms with van der Waals surface area (Å²) >= 11 is 2.45. The van der Waals surface area contributed by atoms with Gasteiger partial charge in [0.05, 0.1) is 0 Å². The van der Waals surface area contributed by atoms with Gasteiger partial charge in [-0.15, -0.1) is 0 Å². The van der Waals surface area contributed by atoms with Crippen LogP contribution < -0.4 is 0 Å². The third-order valence-electron chi connectivity index (χ3n) is 5.98. The summed E-state index contributed by atoms with van der Waals surface area (Å²) in [7, 11) is 0. The molecule has 0 saturated carbocycles. The third kappa shape index (κ3) is 3.26. The SMILES string of the molecule is C=C1/C=C\C=C/Cc2ccc(-c3ccc(I)c4c(C)cccc34)cc2C1(C)C. The van der Waals surface area contributed by atoms with E-state index >= 15 is 0 Å². The highest BCUT2D eigenvalue weighted by Gasteiger charge is 2.26. The molecule has 1 aliphatic carbocycles. The Morgan fingerprint density at radius 2 is 1.82 bits per heavy atom. The van der Waals surface area contributed by atoms with E-state index in [-0.39, 0.29) is 5.41 Å². The molecule has 0 fully saturated rings. The van der Waals surface area contributed by atoms with Crippen LogP contribution in [0.25, 0.3) is 21.9 Å². The number of halogens is 1. The Balaban J connectivity index is 1.97. The highest BCUT2D eigenvalue weighted by Crippen LogP contribution is 2.39. The van der Waals surface area contributed by atoms with Crippen LogP contribution in [0.4, 0.5) is 0 Å². The Labute approximate surface area is 181 Å². The second kappa shape index (κ2) is 7.36. The molecule has 0 radical (unpaired) electrons. The van der Waals surface area contributed by atoms with Gasteiger partial charge in [0, 0.05) is 8.99 Å². The molecule has 0 heterocycles. The van der Waals surface area contributed by atoms with Gasteiger partial charge in [-0.25, -0.2) is 0 Å². The number of aryl methyl sites for hydroxylation is 1. The highest BCUT2D eigenvalue weighted by atomic mass is 127. The van der Waals surface area contributed by atoms with Crippen molar-refractivity contribution < 1.29 is 0 Å². The molecule has 3 aromatic carbocycles. The normalized spacial score (nSPS) is 18.1. The number of allylic oxidation sites excluding steroid dienone is 5. The van der Waals surface area contributed by atoms with Gasteiger partial charge in [-0.1, -0.05) is 81.1 Å². The first-order valence-electron chi connectivity index (χ1n) is 9.74. The first-order chi connectivity index (χ1) is 13.4. The summed E-state index contributed by atoms with van der Waals surface area (Å²) in [6.45, 7) is 11.1. The van der Waals surface area contributed by atoms with Crippen molar-refractivity contribution in [3.63, 3.8) is 0 Å². The summed E-state index contributed by atoms with van der Waals surface area (Å²) in [4.78, 5) is 0. The molecule has 3 aromatic rings. The van der Waals surface area contributed by atoms with Crippen LogP contribution in [0.2, 0.25) is 0 Å². The highest BCUT2D eigenvalue weighted by molar-refractivity contribution is 14.1. The molecule has 0 saturated heterocycles. The van der Waals surface area contributed by atoms with Crippen LogP contribution in [0, 0.1) is 10.5 Å². The van der Waals surface area contributed by atoms with Crippen molar-refractivity contribution in [1.29, 1.82) is 0 Å². The number of hydrogen-bond donors (Lipinski definition) is 0. The van der Waals surface area contributed by atoms with Crippen LogP contribution in [0.3, 0.4) is 0 Å². The maximum absolute atomic E-state index is 4.36. The van der Waals surface area contributed by atoms with Crippen molar-refractivity contribution in [2.75, 3.05) is 0 Å². The predicted molar refractivity (Wildman–Crippen MR) is 131 cm³/mol. The molecule has 1 aliphatic rings. The first-order valence-corrected chi connectivity index (χ1v) is 10.8. The van der Waals surface area contributed by atoms with Crippen molar-refractivity contribution in [1.82, 2.24) is 0 Å². The average Bonchev–Trinajstić information content (AvgIpc) is 2.72. The molecular weight excluding hydrogens is 451 g/mol. The zero-order valence-corrected chi connectivity index (χ0v) is 18.9. The van der Waals surface area contributed by atoms with Crippen LogP contribution in [-0.2, 0) is 11.8 Å². The van der Waals surface area contributed by atoms with E-state index in [1.165, 1.54) is 42.2 Å². The number of benzene rings is 3. The summed E-state index contributed by atoms with van der Waals surface area (Å²) in [6, 6.07) is 18.1. The van der Waals surface area contributed by atoms with Gasteiger partial charge in [0.1, 0.15) is 0 Å². The van der Waals surface area contributed by atoms with Crippen LogP contribution in [0.5, 0.6) is 0 Å². The fraction of sp³-hybridized carbons (Fsp3) is 0.185. The van der Waals surface area contributed by atoms with E-state index in [4.69, 9.17) is 0 Å². The van der Waals surface area contributed by atoms with Gasteiger partial charge in [-0.3, -0.25) is 0 Å². The minimum Gasteiger partial charge on any atom is -0.0949 e. The Morgan fingerprint density at radius 3 is 2.64 bits per heavy atom. The minimum atomic E-state index is -0.108. The Hall–Kier alpha value is -2.13. The fourth-order valence-corrected chi connectivity index (χ4v) is 5.02. The van der Waals surface area contributed by atoms with Gasteiger partial charge < -0.3 is 0 Å². The van der Waals surface area contributed by atoms with E-state index in [2.05, 4.69) is 123 Å². The third-order valence-corrected chi connectivity index (χ3v) is 6.88. The van der Waals surface area contributed by atoms with Gasteiger partial charge in [0.25, 0.3) is 0 Å². The maximum atomic E-state index is 4.36. The molecule has 140 valence electrons. The second-order valence-corrected chi connectivity index (χ2v) is 9.27. The average molecular weight is 476 g/mol. The predicted octanol–water partition coefficient (Wildman–Crippen LogP) is 7.92. The van der Waals surface area contributed by atoms with Crippen LogP contribution in [0.1, 0.15) is 30.5 Å². The molecule has 0 atom stereocenters. The Bertz CT molecular complexity index is 1130. The van der Waals surface area contributed by atoms with E-state index in [1.807, 2.05) is 0 Å². The van der Waals surface area contributed by atoms with E-state index < -0.39 is 0 Å². The molecule has 4 rings (SSSR count). The van der Waals surface area contributed by atoms with E-state index in [1.54, 1.807) is 0 Å². The molecule has 0 N–H and O–H groups in total. The van der Waals surface area contributed by atoms with Crippen molar-refractivity contribution in [2.24, 2.45) is 0 Å². The molecule has 0 aromatic heterocycles. The zero-order chi connectivity index (χ0) is 19.9. The van der Waals surface area contributed by atoms with Gasteiger partial charge in [0.15, 0.2) is 0 Å². The fourth-order valence-electron chi connectivity index (χ4n) is 4.12. The smallest absolute Gasteiger partial charge is 0.0211 e. The van der Waals surface area contributed by atoms with E-state index in [0.717, 1.165) is 12.0 Å². The first kappa shape index (κ1) is 19.2. The maximum Gasteiger partial charge on any atom is 0.0211 e.